The number of anilines is 1. The monoisotopic (exact) mass is 258 g/mol. The summed E-state index contributed by atoms with van der Waals surface area (Å²) < 4.78 is 13.4. The van der Waals surface area contributed by atoms with Crippen LogP contribution < -0.4 is 10.6 Å². The summed E-state index contributed by atoms with van der Waals surface area (Å²) in [5.74, 6) is -0.683. The van der Waals surface area contributed by atoms with Gasteiger partial charge in [0.05, 0.1) is 17.3 Å². The molecule has 1 aromatic rings. The number of benzene rings is 1. The Balaban J connectivity index is 2.59. The average Bonchev–Trinajstić information content (AvgIpc) is 2.14. The van der Waals surface area contributed by atoms with Gasteiger partial charge in [-0.1, -0.05) is 17.7 Å². The van der Waals surface area contributed by atoms with Crippen molar-refractivity contribution >= 4 is 23.2 Å². The summed E-state index contributed by atoms with van der Waals surface area (Å²) in [6.07, 6.45) is 0. The predicted molar refractivity (Wildman–Crippen MR) is 67.8 cm³/mol. The van der Waals surface area contributed by atoms with Crippen molar-refractivity contribution in [2.24, 2.45) is 0 Å². The number of para-hydroxylation sites is 1. The summed E-state index contributed by atoms with van der Waals surface area (Å²) in [4.78, 5) is 11.5. The van der Waals surface area contributed by atoms with Gasteiger partial charge in [-0.3, -0.25) is 4.79 Å². The van der Waals surface area contributed by atoms with Gasteiger partial charge in [0, 0.05) is 5.54 Å². The van der Waals surface area contributed by atoms with Gasteiger partial charge in [0.25, 0.3) is 0 Å². The predicted octanol–water partition coefficient (Wildman–Crippen LogP) is 2.81. The van der Waals surface area contributed by atoms with E-state index in [0.717, 1.165) is 0 Å². The van der Waals surface area contributed by atoms with E-state index in [2.05, 4.69) is 10.6 Å². The van der Waals surface area contributed by atoms with Crippen molar-refractivity contribution in [2.45, 2.75) is 26.3 Å². The Morgan fingerprint density at radius 2 is 2.06 bits per heavy atom. The van der Waals surface area contributed by atoms with Gasteiger partial charge in [-0.05, 0) is 32.9 Å². The molecule has 94 valence electrons. The van der Waals surface area contributed by atoms with Crippen molar-refractivity contribution in [1.82, 2.24) is 5.32 Å². The molecule has 5 heteroatoms. The highest BCUT2D eigenvalue weighted by Gasteiger charge is 2.14. The number of amides is 1. The fraction of sp³-hybridized carbons (Fsp3) is 0.417. The molecule has 0 atom stereocenters. The number of hydrogen-bond acceptors (Lipinski definition) is 2. The zero-order valence-corrected chi connectivity index (χ0v) is 10.9. The van der Waals surface area contributed by atoms with E-state index in [1.165, 1.54) is 12.1 Å². The minimum absolute atomic E-state index is 0.0159. The van der Waals surface area contributed by atoms with Crippen LogP contribution in [0.4, 0.5) is 10.1 Å². The third kappa shape index (κ3) is 4.61. The van der Waals surface area contributed by atoms with Crippen LogP contribution in [0, 0.1) is 5.82 Å². The molecule has 0 saturated carbocycles. The summed E-state index contributed by atoms with van der Waals surface area (Å²) >= 11 is 5.81. The minimum atomic E-state index is -0.471. The van der Waals surface area contributed by atoms with E-state index in [0.29, 0.717) is 0 Å². The van der Waals surface area contributed by atoms with Crippen LogP contribution in [0.5, 0.6) is 0 Å². The topological polar surface area (TPSA) is 41.1 Å². The quantitative estimate of drug-likeness (QED) is 0.875. The first-order chi connectivity index (χ1) is 7.79. The molecule has 1 aromatic carbocycles. The van der Waals surface area contributed by atoms with Crippen LogP contribution in [0.1, 0.15) is 20.8 Å². The van der Waals surface area contributed by atoms with Crippen LogP contribution in [-0.4, -0.2) is 18.0 Å². The number of rotatable bonds is 3. The van der Waals surface area contributed by atoms with Crippen molar-refractivity contribution in [1.29, 1.82) is 0 Å². The highest BCUT2D eigenvalue weighted by Crippen LogP contribution is 2.24. The Morgan fingerprint density at radius 1 is 1.41 bits per heavy atom. The lowest BCUT2D eigenvalue weighted by molar-refractivity contribution is -0.120. The molecule has 0 aliphatic carbocycles. The van der Waals surface area contributed by atoms with E-state index in [1.54, 1.807) is 6.07 Å². The summed E-state index contributed by atoms with van der Waals surface area (Å²) in [6, 6.07) is 4.36. The van der Waals surface area contributed by atoms with Crippen LogP contribution in [0.15, 0.2) is 18.2 Å². The number of carbonyl (C=O) groups is 1. The molecular weight excluding hydrogens is 243 g/mol. The van der Waals surface area contributed by atoms with Gasteiger partial charge in [-0.15, -0.1) is 0 Å². The molecule has 0 spiro atoms. The third-order valence-electron chi connectivity index (χ3n) is 1.90. The molecule has 0 heterocycles. The zero-order chi connectivity index (χ0) is 13.1. The van der Waals surface area contributed by atoms with Crippen molar-refractivity contribution in [3.8, 4) is 0 Å². The van der Waals surface area contributed by atoms with Gasteiger partial charge in [0.1, 0.15) is 5.82 Å². The number of hydrogen-bond donors (Lipinski definition) is 2. The Kier molecular flexibility index (Phi) is 4.34. The largest absolute Gasteiger partial charge is 0.373 e. The average molecular weight is 259 g/mol. The molecule has 0 radical (unpaired) electrons. The third-order valence-corrected chi connectivity index (χ3v) is 2.22. The molecule has 0 saturated heterocycles. The Morgan fingerprint density at radius 3 is 2.59 bits per heavy atom. The van der Waals surface area contributed by atoms with Crippen LogP contribution in [0.2, 0.25) is 5.02 Å². The van der Waals surface area contributed by atoms with Crippen LogP contribution in [0.25, 0.3) is 0 Å². The van der Waals surface area contributed by atoms with Crippen molar-refractivity contribution in [2.75, 3.05) is 11.9 Å². The summed E-state index contributed by atoms with van der Waals surface area (Å²) in [7, 11) is 0. The molecule has 2 N–H and O–H groups in total. The molecule has 17 heavy (non-hydrogen) atoms. The Bertz CT molecular complexity index is 395. The molecule has 0 aromatic heterocycles. The van der Waals surface area contributed by atoms with Crippen LogP contribution in [0.3, 0.4) is 0 Å². The second-order valence-electron chi connectivity index (χ2n) is 4.75. The van der Waals surface area contributed by atoms with E-state index in [-0.39, 0.29) is 28.7 Å². The van der Waals surface area contributed by atoms with E-state index in [4.69, 9.17) is 11.6 Å². The molecule has 3 nitrogen and oxygen atoms in total. The number of nitrogens with one attached hydrogen (secondary N) is 2. The van der Waals surface area contributed by atoms with Crippen LogP contribution >= 0.6 is 11.6 Å². The first-order valence-electron chi connectivity index (χ1n) is 5.28. The standard InChI is InChI=1S/C12H16ClFN2O/c1-12(2,3)16-10(17)7-15-11-8(13)5-4-6-9(11)14/h4-6,15H,7H2,1-3H3,(H,16,17). The fourth-order valence-electron chi connectivity index (χ4n) is 1.30. The molecular formula is C12H16ClFN2O. The van der Waals surface area contributed by atoms with E-state index >= 15 is 0 Å². The molecule has 0 bridgehead atoms. The number of carbonyl (C=O) groups excluding carboxylic acids is 1. The number of halogens is 2. The summed E-state index contributed by atoms with van der Waals surface area (Å²) in [5.41, 5.74) is -0.157. The van der Waals surface area contributed by atoms with Crippen LogP contribution in [-0.2, 0) is 4.79 Å². The van der Waals surface area contributed by atoms with Crippen molar-refractivity contribution in [3.05, 3.63) is 29.0 Å². The Hall–Kier alpha value is -1.29. The maximum absolute atomic E-state index is 13.4. The molecule has 1 rings (SSSR count). The van der Waals surface area contributed by atoms with E-state index < -0.39 is 5.82 Å². The SMILES string of the molecule is CC(C)(C)NC(=O)CNc1c(F)cccc1Cl. The minimum Gasteiger partial charge on any atom is -0.373 e. The maximum Gasteiger partial charge on any atom is 0.239 e. The molecule has 0 fully saturated rings. The second kappa shape index (κ2) is 5.36. The van der Waals surface area contributed by atoms with E-state index in [1.807, 2.05) is 20.8 Å². The fourth-order valence-corrected chi connectivity index (χ4v) is 1.53. The highest BCUT2D eigenvalue weighted by molar-refractivity contribution is 6.33. The molecule has 0 aliphatic heterocycles. The lowest BCUT2D eigenvalue weighted by Crippen LogP contribution is -2.43. The lowest BCUT2D eigenvalue weighted by atomic mass is 10.1. The van der Waals surface area contributed by atoms with Gasteiger partial charge in [0.2, 0.25) is 5.91 Å². The van der Waals surface area contributed by atoms with Gasteiger partial charge < -0.3 is 10.6 Å². The maximum atomic E-state index is 13.4. The Labute approximate surface area is 105 Å². The van der Waals surface area contributed by atoms with Gasteiger partial charge in [-0.2, -0.15) is 0 Å². The van der Waals surface area contributed by atoms with E-state index in [9.17, 15) is 9.18 Å². The first-order valence-corrected chi connectivity index (χ1v) is 5.66. The highest BCUT2D eigenvalue weighted by atomic mass is 35.5. The molecule has 0 aliphatic rings. The van der Waals surface area contributed by atoms with Crippen molar-refractivity contribution in [3.63, 3.8) is 0 Å². The summed E-state index contributed by atoms with van der Waals surface area (Å²) in [5, 5.41) is 5.70. The summed E-state index contributed by atoms with van der Waals surface area (Å²) in [6.45, 7) is 5.61. The first kappa shape index (κ1) is 13.8. The molecule has 0 unspecified atom stereocenters. The van der Waals surface area contributed by atoms with Gasteiger partial charge in [-0.25, -0.2) is 4.39 Å². The second-order valence-corrected chi connectivity index (χ2v) is 5.16. The smallest absolute Gasteiger partial charge is 0.239 e. The van der Waals surface area contributed by atoms with Crippen molar-refractivity contribution < 1.29 is 9.18 Å². The lowest BCUT2D eigenvalue weighted by Gasteiger charge is -2.21. The van der Waals surface area contributed by atoms with Gasteiger partial charge in [0.15, 0.2) is 0 Å². The normalized spacial score (nSPS) is 11.1. The molecule has 1 amide bonds. The van der Waals surface area contributed by atoms with Gasteiger partial charge >= 0.3 is 0 Å². The zero-order valence-electron chi connectivity index (χ0n) is 10.1.